The molecule has 1 aromatic carbocycles. The lowest BCUT2D eigenvalue weighted by molar-refractivity contribution is -0.126. The van der Waals surface area contributed by atoms with Gasteiger partial charge in [0.25, 0.3) is 0 Å². The molecule has 1 aliphatic rings. The molecular weight excluding hydrogens is 362 g/mol. The van der Waals surface area contributed by atoms with E-state index in [-0.39, 0.29) is 18.0 Å². The fraction of sp³-hybridized carbons (Fsp3) is 0.650. The van der Waals surface area contributed by atoms with Gasteiger partial charge in [0.05, 0.1) is 10.9 Å². The molecule has 1 heterocycles. The van der Waals surface area contributed by atoms with Gasteiger partial charge in [0.15, 0.2) is 0 Å². The summed E-state index contributed by atoms with van der Waals surface area (Å²) < 4.78 is 27.4. The molecule has 2 rings (SSSR count). The van der Waals surface area contributed by atoms with Crippen LogP contribution in [0.2, 0.25) is 0 Å². The summed E-state index contributed by atoms with van der Waals surface area (Å²) in [4.78, 5) is 14.6. The van der Waals surface area contributed by atoms with Gasteiger partial charge in [-0.15, -0.1) is 0 Å². The lowest BCUT2D eigenvalue weighted by atomic mass is 9.99. The van der Waals surface area contributed by atoms with E-state index in [1.165, 1.54) is 4.31 Å². The van der Waals surface area contributed by atoms with E-state index in [0.717, 1.165) is 12.0 Å². The summed E-state index contributed by atoms with van der Waals surface area (Å²) >= 11 is 0. The maximum atomic E-state index is 12.9. The first-order chi connectivity index (χ1) is 12.7. The zero-order valence-electron chi connectivity index (χ0n) is 17.1. The Morgan fingerprint density at radius 2 is 1.59 bits per heavy atom. The van der Waals surface area contributed by atoms with Crippen LogP contribution < -0.4 is 5.32 Å². The Hall–Kier alpha value is -1.44. The summed E-state index contributed by atoms with van der Waals surface area (Å²) in [6.45, 7) is 11.9. The number of carbonyl (C=O) groups is 1. The van der Waals surface area contributed by atoms with Crippen molar-refractivity contribution in [2.24, 2.45) is 0 Å². The highest BCUT2D eigenvalue weighted by Gasteiger charge is 2.31. The predicted octanol–water partition coefficient (Wildman–Crippen LogP) is 2.42. The number of hydrogen-bond acceptors (Lipinski definition) is 4. The van der Waals surface area contributed by atoms with E-state index in [4.69, 9.17) is 0 Å². The lowest BCUT2D eigenvalue weighted by Crippen LogP contribution is -2.55. The fourth-order valence-corrected chi connectivity index (χ4v) is 4.68. The van der Waals surface area contributed by atoms with Crippen LogP contribution in [0.1, 0.15) is 52.5 Å². The molecule has 0 spiro atoms. The highest BCUT2D eigenvalue weighted by Crippen LogP contribution is 2.23. The van der Waals surface area contributed by atoms with Gasteiger partial charge in [-0.1, -0.05) is 26.0 Å². The molecule has 2 atom stereocenters. The van der Waals surface area contributed by atoms with Crippen molar-refractivity contribution in [3.05, 3.63) is 29.8 Å². The largest absolute Gasteiger partial charge is 0.353 e. The van der Waals surface area contributed by atoms with Crippen LogP contribution in [0.4, 0.5) is 0 Å². The van der Waals surface area contributed by atoms with Gasteiger partial charge in [0.2, 0.25) is 15.9 Å². The van der Waals surface area contributed by atoms with E-state index in [0.29, 0.717) is 37.0 Å². The van der Waals surface area contributed by atoms with Gasteiger partial charge < -0.3 is 5.32 Å². The van der Waals surface area contributed by atoms with Crippen LogP contribution in [0.25, 0.3) is 0 Å². The average molecular weight is 396 g/mol. The molecule has 0 bridgehead atoms. The minimum Gasteiger partial charge on any atom is -0.353 e. The van der Waals surface area contributed by atoms with Crippen LogP contribution in [-0.2, 0) is 14.8 Å². The zero-order chi connectivity index (χ0) is 20.2. The smallest absolute Gasteiger partial charge is 0.243 e. The van der Waals surface area contributed by atoms with Crippen molar-refractivity contribution in [3.8, 4) is 0 Å². The van der Waals surface area contributed by atoms with E-state index >= 15 is 0 Å². The van der Waals surface area contributed by atoms with E-state index in [1.807, 2.05) is 37.8 Å². The van der Waals surface area contributed by atoms with Gasteiger partial charge in [-0.2, -0.15) is 4.31 Å². The van der Waals surface area contributed by atoms with Gasteiger partial charge >= 0.3 is 0 Å². The maximum Gasteiger partial charge on any atom is 0.243 e. The number of nitrogens with zero attached hydrogens (tertiary/aromatic N) is 2. The Balaban J connectivity index is 2.01. The zero-order valence-corrected chi connectivity index (χ0v) is 17.9. The van der Waals surface area contributed by atoms with Gasteiger partial charge in [0.1, 0.15) is 0 Å². The van der Waals surface area contributed by atoms with Gasteiger partial charge in [-0.05, 0) is 50.8 Å². The molecule has 1 N–H and O–H groups in total. The van der Waals surface area contributed by atoms with Crippen molar-refractivity contribution >= 4 is 15.9 Å². The van der Waals surface area contributed by atoms with E-state index in [1.54, 1.807) is 12.1 Å². The highest BCUT2D eigenvalue weighted by atomic mass is 32.2. The summed E-state index contributed by atoms with van der Waals surface area (Å²) in [7, 11) is -3.49. The quantitative estimate of drug-likeness (QED) is 0.770. The first-order valence-corrected chi connectivity index (χ1v) is 11.2. The summed E-state index contributed by atoms with van der Waals surface area (Å²) in [6.07, 6.45) is 1.02. The normalized spacial score (nSPS) is 19.0. The van der Waals surface area contributed by atoms with Crippen LogP contribution in [0.3, 0.4) is 0 Å². The number of rotatable bonds is 7. The van der Waals surface area contributed by atoms with Crippen LogP contribution >= 0.6 is 0 Å². The van der Waals surface area contributed by atoms with Crippen LogP contribution in [-0.4, -0.2) is 61.8 Å². The summed E-state index contributed by atoms with van der Waals surface area (Å²) in [6, 6.07) is 7.09. The van der Waals surface area contributed by atoms with E-state index in [2.05, 4.69) is 19.2 Å². The molecule has 1 saturated heterocycles. The van der Waals surface area contributed by atoms with Crippen molar-refractivity contribution in [2.45, 2.75) is 63.9 Å². The molecule has 1 aliphatic heterocycles. The second kappa shape index (κ2) is 9.17. The second-order valence-corrected chi connectivity index (χ2v) is 9.60. The molecule has 27 heavy (non-hydrogen) atoms. The topological polar surface area (TPSA) is 69.7 Å². The Labute approximate surface area is 164 Å². The van der Waals surface area contributed by atoms with E-state index < -0.39 is 10.0 Å². The first kappa shape index (κ1) is 21.9. The molecular formula is C20H33N3O3S. The van der Waals surface area contributed by atoms with Crippen molar-refractivity contribution in [1.29, 1.82) is 0 Å². The number of benzene rings is 1. The van der Waals surface area contributed by atoms with Gasteiger partial charge in [-0.3, -0.25) is 9.69 Å². The van der Waals surface area contributed by atoms with Gasteiger partial charge in [0, 0.05) is 32.2 Å². The minimum absolute atomic E-state index is 0.0121. The third-order valence-corrected chi connectivity index (χ3v) is 7.24. The first-order valence-electron chi connectivity index (χ1n) is 9.81. The molecule has 0 radical (unpaired) electrons. The Morgan fingerprint density at radius 1 is 1.04 bits per heavy atom. The second-order valence-electron chi connectivity index (χ2n) is 7.66. The number of amides is 1. The standard InChI is InChI=1S/C20H33N3O3S/c1-6-16(4)18-7-9-19(10-8-18)27(25,26)23-13-11-22(12-14-23)17(5)20(24)21-15(2)3/h7-10,15-17H,6,11-14H2,1-5H3,(H,21,24)/t16-,17-/m0/s1. The number of piperazine rings is 1. The van der Waals surface area contributed by atoms with E-state index in [9.17, 15) is 13.2 Å². The number of sulfonamides is 1. The van der Waals surface area contributed by atoms with Crippen molar-refractivity contribution in [1.82, 2.24) is 14.5 Å². The third-order valence-electron chi connectivity index (χ3n) is 5.33. The lowest BCUT2D eigenvalue weighted by Gasteiger charge is -2.37. The molecule has 1 aromatic rings. The molecule has 1 fully saturated rings. The van der Waals surface area contributed by atoms with Crippen LogP contribution in [0.15, 0.2) is 29.2 Å². The van der Waals surface area contributed by atoms with Gasteiger partial charge in [-0.25, -0.2) is 8.42 Å². The van der Waals surface area contributed by atoms with Crippen LogP contribution in [0.5, 0.6) is 0 Å². The monoisotopic (exact) mass is 395 g/mol. The molecule has 6 nitrogen and oxygen atoms in total. The minimum atomic E-state index is -3.49. The number of hydrogen-bond donors (Lipinski definition) is 1. The predicted molar refractivity (Wildman–Crippen MR) is 108 cm³/mol. The Kier molecular flexibility index (Phi) is 7.42. The molecule has 7 heteroatoms. The Bertz CT molecular complexity index is 723. The summed E-state index contributed by atoms with van der Waals surface area (Å²) in [5.74, 6) is 0.408. The number of nitrogens with one attached hydrogen (secondary N) is 1. The summed E-state index contributed by atoms with van der Waals surface area (Å²) in [5.41, 5.74) is 1.16. The molecule has 0 unspecified atom stereocenters. The van der Waals surface area contributed by atoms with Crippen molar-refractivity contribution in [2.75, 3.05) is 26.2 Å². The fourth-order valence-electron chi connectivity index (χ4n) is 3.26. The molecule has 1 amide bonds. The maximum absolute atomic E-state index is 12.9. The highest BCUT2D eigenvalue weighted by molar-refractivity contribution is 7.89. The molecule has 0 aliphatic carbocycles. The number of carbonyl (C=O) groups excluding carboxylic acids is 1. The average Bonchev–Trinajstić information content (AvgIpc) is 2.66. The summed E-state index contributed by atoms with van der Waals surface area (Å²) in [5, 5.41) is 2.91. The van der Waals surface area contributed by atoms with Crippen molar-refractivity contribution < 1.29 is 13.2 Å². The Morgan fingerprint density at radius 3 is 2.07 bits per heavy atom. The van der Waals surface area contributed by atoms with Crippen molar-refractivity contribution in [3.63, 3.8) is 0 Å². The molecule has 152 valence electrons. The molecule has 0 saturated carbocycles. The third kappa shape index (κ3) is 5.30. The van der Waals surface area contributed by atoms with Crippen LogP contribution in [0, 0.1) is 0 Å². The molecule has 0 aromatic heterocycles. The SMILES string of the molecule is CC[C@H](C)c1ccc(S(=O)(=O)N2CCN([C@@H](C)C(=O)NC(C)C)CC2)cc1.